The van der Waals surface area contributed by atoms with Crippen LogP contribution in [0.4, 0.5) is 0 Å². The molecule has 0 fully saturated rings. The van der Waals surface area contributed by atoms with Crippen LogP contribution in [0.15, 0.2) is 188 Å². The van der Waals surface area contributed by atoms with Crippen LogP contribution in [0.5, 0.6) is 0 Å². The Morgan fingerprint density at radius 3 is 1.38 bits per heavy atom. The van der Waals surface area contributed by atoms with Gasteiger partial charge in [0, 0.05) is 10.9 Å². The molecule has 1 aromatic heterocycles. The lowest BCUT2D eigenvalue weighted by molar-refractivity contribution is 1.40. The van der Waals surface area contributed by atoms with Gasteiger partial charge in [-0.2, -0.15) is 0 Å². The molecule has 0 aliphatic carbocycles. The van der Waals surface area contributed by atoms with E-state index in [1.165, 1.54) is 76.5 Å². The smallest absolute Gasteiger partial charge is 0.0709 e. The zero-order valence-electron chi connectivity index (χ0n) is 27.3. The average Bonchev–Trinajstić information content (AvgIpc) is 3.19. The number of hydrogen-bond donors (Lipinski definition) is 0. The number of benzene rings is 9. The highest BCUT2D eigenvalue weighted by atomic mass is 14.7. The van der Waals surface area contributed by atoms with Crippen molar-refractivity contribution in [1.29, 1.82) is 0 Å². The van der Waals surface area contributed by atoms with E-state index in [1.54, 1.807) is 0 Å². The molecule has 10 aromatic rings. The molecule has 50 heavy (non-hydrogen) atoms. The minimum atomic E-state index is 0.985. The first-order valence-corrected chi connectivity index (χ1v) is 17.2. The van der Waals surface area contributed by atoms with Gasteiger partial charge in [0.05, 0.1) is 11.2 Å². The Morgan fingerprint density at radius 2 is 0.720 bits per heavy atom. The molecule has 0 aliphatic rings. The Balaban J connectivity index is 1.20. The summed E-state index contributed by atoms with van der Waals surface area (Å²) in [5.74, 6) is 0. The molecule has 0 atom stereocenters. The summed E-state index contributed by atoms with van der Waals surface area (Å²) in [7, 11) is 0. The third-order valence-electron chi connectivity index (χ3n) is 10.2. The lowest BCUT2D eigenvalue weighted by atomic mass is 9.84. The first-order valence-electron chi connectivity index (χ1n) is 17.2. The SMILES string of the molecule is c1ccc2cc(-c3c4ccccc4c(-c4ccc5ccccc5c4)c4cc(-c5ccc(-c6ccc7ccccc7n6)cc5)ccc34)ccc2c1. The summed E-state index contributed by atoms with van der Waals surface area (Å²) in [6.45, 7) is 0. The van der Waals surface area contributed by atoms with Gasteiger partial charge in [-0.15, -0.1) is 0 Å². The Kier molecular flexibility index (Phi) is 6.57. The van der Waals surface area contributed by atoms with Gasteiger partial charge in [-0.05, 0) is 107 Å². The summed E-state index contributed by atoms with van der Waals surface area (Å²) in [6, 6.07) is 68.4. The van der Waals surface area contributed by atoms with Crippen LogP contribution in [0.1, 0.15) is 0 Å². The fourth-order valence-electron chi connectivity index (χ4n) is 7.73. The molecule has 10 rings (SSSR count). The van der Waals surface area contributed by atoms with Crippen molar-refractivity contribution in [2.45, 2.75) is 0 Å². The lowest BCUT2D eigenvalue weighted by Gasteiger charge is -2.19. The molecular formula is C49H31N. The fraction of sp³-hybridized carbons (Fsp3) is 0. The Labute approximate surface area is 290 Å². The topological polar surface area (TPSA) is 12.9 Å². The van der Waals surface area contributed by atoms with Crippen molar-refractivity contribution >= 4 is 54.0 Å². The van der Waals surface area contributed by atoms with E-state index in [4.69, 9.17) is 4.98 Å². The van der Waals surface area contributed by atoms with Crippen LogP contribution in [0.2, 0.25) is 0 Å². The number of pyridine rings is 1. The van der Waals surface area contributed by atoms with Crippen LogP contribution in [-0.4, -0.2) is 4.98 Å². The highest BCUT2D eigenvalue weighted by molar-refractivity contribution is 6.22. The summed E-state index contributed by atoms with van der Waals surface area (Å²) >= 11 is 0. The van der Waals surface area contributed by atoms with Crippen LogP contribution >= 0.6 is 0 Å². The number of rotatable bonds is 4. The van der Waals surface area contributed by atoms with Crippen molar-refractivity contribution in [2.24, 2.45) is 0 Å². The Hall–Kier alpha value is -6.57. The van der Waals surface area contributed by atoms with E-state index >= 15 is 0 Å². The molecule has 0 aliphatic heterocycles. The molecule has 0 unspecified atom stereocenters. The molecule has 0 amide bonds. The maximum atomic E-state index is 4.94. The molecule has 1 nitrogen and oxygen atoms in total. The van der Waals surface area contributed by atoms with Gasteiger partial charge in [-0.25, -0.2) is 4.98 Å². The number of hydrogen-bond acceptors (Lipinski definition) is 1. The standard InChI is InChI=1S/C49H31N/c1-3-12-37-29-40(23-19-32(37)9-1)48-42-14-6-7-15-43(42)49(41-24-20-33-10-2-4-13-38(33)30-41)45-31-39(25-27-44(45)48)34-17-21-36(22-18-34)47-28-26-35-11-5-8-16-46(35)50-47/h1-31H. The monoisotopic (exact) mass is 633 g/mol. The minimum absolute atomic E-state index is 0.985. The van der Waals surface area contributed by atoms with Crippen LogP contribution in [-0.2, 0) is 0 Å². The van der Waals surface area contributed by atoms with Gasteiger partial charge in [0.2, 0.25) is 0 Å². The summed E-state index contributed by atoms with van der Waals surface area (Å²) in [6.07, 6.45) is 0. The van der Waals surface area contributed by atoms with Gasteiger partial charge in [0.25, 0.3) is 0 Å². The van der Waals surface area contributed by atoms with E-state index < -0.39 is 0 Å². The summed E-state index contributed by atoms with van der Waals surface area (Å²) in [5, 5.41) is 11.2. The lowest BCUT2D eigenvalue weighted by Crippen LogP contribution is -1.92. The fourth-order valence-corrected chi connectivity index (χ4v) is 7.73. The zero-order chi connectivity index (χ0) is 33.0. The Bertz CT molecular complexity index is 2920. The van der Waals surface area contributed by atoms with E-state index in [2.05, 4.69) is 182 Å². The molecule has 1 heteroatoms. The van der Waals surface area contributed by atoms with Crippen LogP contribution in [0, 0.1) is 0 Å². The van der Waals surface area contributed by atoms with Crippen molar-refractivity contribution in [3.05, 3.63) is 188 Å². The normalized spacial score (nSPS) is 11.6. The maximum Gasteiger partial charge on any atom is 0.0709 e. The van der Waals surface area contributed by atoms with Crippen molar-refractivity contribution in [3.63, 3.8) is 0 Å². The molecule has 0 radical (unpaired) electrons. The van der Waals surface area contributed by atoms with E-state index in [0.717, 1.165) is 22.2 Å². The van der Waals surface area contributed by atoms with Gasteiger partial charge in [-0.1, -0.05) is 158 Å². The quantitative estimate of drug-likeness (QED) is 0.176. The number of nitrogens with zero attached hydrogens (tertiary/aromatic N) is 1. The third kappa shape index (κ3) is 4.75. The van der Waals surface area contributed by atoms with Gasteiger partial charge in [-0.3, -0.25) is 0 Å². The molecule has 232 valence electrons. The van der Waals surface area contributed by atoms with Crippen LogP contribution < -0.4 is 0 Å². The minimum Gasteiger partial charge on any atom is -0.248 e. The van der Waals surface area contributed by atoms with Crippen LogP contribution in [0.3, 0.4) is 0 Å². The predicted molar refractivity (Wildman–Crippen MR) is 214 cm³/mol. The molecule has 0 saturated heterocycles. The second-order valence-electron chi connectivity index (χ2n) is 13.1. The first-order chi connectivity index (χ1) is 24.8. The Morgan fingerprint density at radius 1 is 0.260 bits per heavy atom. The van der Waals surface area contributed by atoms with Gasteiger partial charge >= 0.3 is 0 Å². The first kappa shape index (κ1) is 28.4. The van der Waals surface area contributed by atoms with E-state index in [0.29, 0.717) is 0 Å². The van der Waals surface area contributed by atoms with Crippen LogP contribution in [0.25, 0.3) is 98.6 Å². The molecular weight excluding hydrogens is 603 g/mol. The molecule has 9 aromatic carbocycles. The second kappa shape index (κ2) is 11.5. The number of aromatic nitrogens is 1. The summed E-state index contributed by atoms with van der Waals surface area (Å²) in [5.41, 5.74) is 10.5. The highest BCUT2D eigenvalue weighted by Gasteiger charge is 2.18. The van der Waals surface area contributed by atoms with Gasteiger partial charge < -0.3 is 0 Å². The van der Waals surface area contributed by atoms with Crippen molar-refractivity contribution < 1.29 is 0 Å². The van der Waals surface area contributed by atoms with Crippen molar-refractivity contribution in [3.8, 4) is 44.6 Å². The molecule has 0 bridgehead atoms. The highest BCUT2D eigenvalue weighted by Crippen LogP contribution is 2.45. The van der Waals surface area contributed by atoms with E-state index in [9.17, 15) is 0 Å². The molecule has 0 spiro atoms. The van der Waals surface area contributed by atoms with E-state index in [1.807, 2.05) is 6.07 Å². The summed E-state index contributed by atoms with van der Waals surface area (Å²) in [4.78, 5) is 4.94. The molecule has 1 heterocycles. The maximum absolute atomic E-state index is 4.94. The van der Waals surface area contributed by atoms with Crippen molar-refractivity contribution in [2.75, 3.05) is 0 Å². The number of fused-ring (bicyclic) bond motifs is 5. The van der Waals surface area contributed by atoms with Gasteiger partial charge in [0.15, 0.2) is 0 Å². The van der Waals surface area contributed by atoms with Gasteiger partial charge in [0.1, 0.15) is 0 Å². The van der Waals surface area contributed by atoms with E-state index in [-0.39, 0.29) is 0 Å². The average molecular weight is 634 g/mol. The third-order valence-corrected chi connectivity index (χ3v) is 10.2. The van der Waals surface area contributed by atoms with Crippen molar-refractivity contribution in [1.82, 2.24) is 4.98 Å². The molecule has 0 N–H and O–H groups in total. The number of para-hydroxylation sites is 1. The largest absolute Gasteiger partial charge is 0.248 e. The molecule has 0 saturated carbocycles. The zero-order valence-corrected chi connectivity index (χ0v) is 27.3. The summed E-state index contributed by atoms with van der Waals surface area (Å²) < 4.78 is 0. The second-order valence-corrected chi connectivity index (χ2v) is 13.1. The predicted octanol–water partition coefficient (Wildman–Crippen LogP) is 13.5.